The van der Waals surface area contributed by atoms with Gasteiger partial charge in [0.1, 0.15) is 10.8 Å². The van der Waals surface area contributed by atoms with Crippen LogP contribution in [0, 0.1) is 0 Å². The third-order valence-corrected chi connectivity index (χ3v) is 2.58. The van der Waals surface area contributed by atoms with Crippen LogP contribution >= 0.6 is 23.2 Å². The number of pyridine rings is 1. The Labute approximate surface area is 103 Å². The molecule has 0 radical (unpaired) electrons. The van der Waals surface area contributed by atoms with Gasteiger partial charge in [-0.3, -0.25) is 4.79 Å². The van der Waals surface area contributed by atoms with Crippen LogP contribution in [-0.4, -0.2) is 10.8 Å². The number of carbonyl (C=O) groups excluding carboxylic acids is 1. The molecule has 0 bridgehead atoms. The van der Waals surface area contributed by atoms with Gasteiger partial charge in [-0.2, -0.15) is 0 Å². The number of carbonyl (C=O) groups is 1. The zero-order valence-electron chi connectivity index (χ0n) is 8.15. The van der Waals surface area contributed by atoms with Crippen molar-refractivity contribution in [2.45, 2.75) is 0 Å². The number of aromatic nitrogens is 1. The third kappa shape index (κ3) is 2.23. The summed E-state index contributed by atoms with van der Waals surface area (Å²) in [5.41, 5.74) is 0.722. The van der Waals surface area contributed by atoms with Gasteiger partial charge in [0.25, 0.3) is 0 Å². The lowest BCUT2D eigenvalue weighted by atomic mass is 10.1. The Morgan fingerprint density at radius 2 is 1.69 bits per heavy atom. The van der Waals surface area contributed by atoms with Gasteiger partial charge < -0.3 is 0 Å². The minimum Gasteiger partial charge on any atom is -0.287 e. The molecule has 0 spiro atoms. The predicted octanol–water partition coefficient (Wildman–Crippen LogP) is 3.62. The second-order valence-electron chi connectivity index (χ2n) is 3.16. The van der Waals surface area contributed by atoms with Crippen molar-refractivity contribution in [3.05, 3.63) is 63.9 Å². The maximum atomic E-state index is 12.0. The highest BCUT2D eigenvalue weighted by Gasteiger charge is 2.14. The Balaban J connectivity index is 2.46. The topological polar surface area (TPSA) is 30.0 Å². The number of halogens is 2. The lowest BCUT2D eigenvalue weighted by Gasteiger charge is -2.02. The molecule has 1 aromatic carbocycles. The standard InChI is InChI=1S/C12H7Cl2NO/c13-9-6-7-10(14)15-11(9)12(16)8-4-2-1-3-5-8/h1-7H. The van der Waals surface area contributed by atoms with Crippen LogP contribution in [0.2, 0.25) is 10.2 Å². The maximum absolute atomic E-state index is 12.0. The van der Waals surface area contributed by atoms with Gasteiger partial charge in [-0.05, 0) is 12.1 Å². The molecule has 0 saturated carbocycles. The number of nitrogens with zero attached hydrogens (tertiary/aromatic N) is 1. The number of ketones is 1. The first kappa shape index (κ1) is 11.1. The molecule has 1 aromatic heterocycles. The molecule has 0 aliphatic rings. The summed E-state index contributed by atoms with van der Waals surface area (Å²) in [6, 6.07) is 11.9. The van der Waals surface area contributed by atoms with E-state index in [0.717, 1.165) is 0 Å². The van der Waals surface area contributed by atoms with Crippen LogP contribution in [-0.2, 0) is 0 Å². The molecule has 16 heavy (non-hydrogen) atoms. The fraction of sp³-hybridized carbons (Fsp3) is 0. The van der Waals surface area contributed by atoms with Crippen molar-refractivity contribution in [3.63, 3.8) is 0 Å². The molecule has 0 aliphatic heterocycles. The Morgan fingerprint density at radius 1 is 1.00 bits per heavy atom. The summed E-state index contributed by atoms with van der Waals surface area (Å²) in [4.78, 5) is 15.9. The zero-order valence-corrected chi connectivity index (χ0v) is 9.66. The highest BCUT2D eigenvalue weighted by Crippen LogP contribution is 2.19. The summed E-state index contributed by atoms with van der Waals surface area (Å²) in [6.07, 6.45) is 0. The van der Waals surface area contributed by atoms with Crippen molar-refractivity contribution < 1.29 is 4.79 Å². The highest BCUT2D eigenvalue weighted by atomic mass is 35.5. The van der Waals surface area contributed by atoms with Gasteiger partial charge in [0.15, 0.2) is 0 Å². The first-order valence-electron chi connectivity index (χ1n) is 4.60. The van der Waals surface area contributed by atoms with Gasteiger partial charge in [0, 0.05) is 5.56 Å². The molecular formula is C12H7Cl2NO. The van der Waals surface area contributed by atoms with Crippen LogP contribution in [0.15, 0.2) is 42.5 Å². The lowest BCUT2D eigenvalue weighted by Crippen LogP contribution is -2.04. The van der Waals surface area contributed by atoms with Crippen LogP contribution in [0.25, 0.3) is 0 Å². The van der Waals surface area contributed by atoms with E-state index in [1.54, 1.807) is 36.4 Å². The minimum absolute atomic E-state index is 0.181. The quantitative estimate of drug-likeness (QED) is 0.603. The van der Waals surface area contributed by atoms with Crippen molar-refractivity contribution in [2.24, 2.45) is 0 Å². The Morgan fingerprint density at radius 3 is 2.38 bits per heavy atom. The summed E-state index contributed by atoms with van der Waals surface area (Å²) >= 11 is 11.6. The molecule has 0 unspecified atom stereocenters. The Hall–Kier alpha value is -1.38. The number of benzene rings is 1. The van der Waals surface area contributed by atoms with E-state index in [4.69, 9.17) is 23.2 Å². The molecule has 0 N–H and O–H groups in total. The summed E-state index contributed by atoms with van der Waals surface area (Å²) < 4.78 is 0. The van der Waals surface area contributed by atoms with Crippen LogP contribution in [0.4, 0.5) is 0 Å². The second kappa shape index (κ2) is 4.64. The van der Waals surface area contributed by atoms with E-state index in [1.165, 1.54) is 0 Å². The average molecular weight is 252 g/mol. The fourth-order valence-corrected chi connectivity index (χ4v) is 1.64. The van der Waals surface area contributed by atoms with Crippen molar-refractivity contribution >= 4 is 29.0 Å². The van der Waals surface area contributed by atoms with Gasteiger partial charge >= 0.3 is 0 Å². The lowest BCUT2D eigenvalue weighted by molar-refractivity contribution is 0.103. The molecule has 2 rings (SSSR count). The summed E-state index contributed by atoms with van der Waals surface area (Å²) in [6.45, 7) is 0. The van der Waals surface area contributed by atoms with Gasteiger partial charge in [-0.15, -0.1) is 0 Å². The third-order valence-electron chi connectivity index (χ3n) is 2.06. The molecule has 0 atom stereocenters. The van der Waals surface area contributed by atoms with E-state index in [0.29, 0.717) is 10.6 Å². The first-order valence-corrected chi connectivity index (χ1v) is 5.36. The van der Waals surface area contributed by atoms with E-state index in [2.05, 4.69) is 4.98 Å². The fourth-order valence-electron chi connectivity index (χ4n) is 1.30. The molecule has 0 saturated heterocycles. The van der Waals surface area contributed by atoms with E-state index < -0.39 is 0 Å². The van der Waals surface area contributed by atoms with Crippen molar-refractivity contribution in [1.82, 2.24) is 4.98 Å². The molecule has 0 amide bonds. The van der Waals surface area contributed by atoms with Crippen LogP contribution < -0.4 is 0 Å². The van der Waals surface area contributed by atoms with Crippen molar-refractivity contribution in [3.8, 4) is 0 Å². The minimum atomic E-state index is -0.229. The molecule has 0 aliphatic carbocycles. The number of hydrogen-bond donors (Lipinski definition) is 0. The van der Waals surface area contributed by atoms with Gasteiger partial charge in [-0.1, -0.05) is 53.5 Å². The van der Waals surface area contributed by atoms with Crippen LogP contribution in [0.3, 0.4) is 0 Å². The average Bonchev–Trinajstić information content (AvgIpc) is 2.32. The maximum Gasteiger partial charge on any atom is 0.212 e. The zero-order chi connectivity index (χ0) is 11.5. The van der Waals surface area contributed by atoms with Crippen molar-refractivity contribution in [1.29, 1.82) is 0 Å². The van der Waals surface area contributed by atoms with Gasteiger partial charge in [0.2, 0.25) is 5.78 Å². The molecule has 2 aromatic rings. The molecule has 0 fully saturated rings. The van der Waals surface area contributed by atoms with Crippen molar-refractivity contribution in [2.75, 3.05) is 0 Å². The Bertz CT molecular complexity index is 526. The Kier molecular flexibility index (Phi) is 3.22. The first-order chi connectivity index (χ1) is 7.68. The molecule has 2 nitrogen and oxygen atoms in total. The molecule has 4 heteroatoms. The summed E-state index contributed by atoms with van der Waals surface area (Å²) in [5.74, 6) is -0.229. The normalized spacial score (nSPS) is 10.1. The summed E-state index contributed by atoms with van der Waals surface area (Å²) in [7, 11) is 0. The van der Waals surface area contributed by atoms with Gasteiger partial charge in [-0.25, -0.2) is 4.98 Å². The summed E-state index contributed by atoms with van der Waals surface area (Å²) in [5, 5.41) is 0.557. The van der Waals surface area contributed by atoms with E-state index in [9.17, 15) is 4.79 Å². The molecular weight excluding hydrogens is 245 g/mol. The van der Waals surface area contributed by atoms with Gasteiger partial charge in [0.05, 0.1) is 5.02 Å². The van der Waals surface area contributed by atoms with Crippen LogP contribution in [0.1, 0.15) is 16.1 Å². The highest BCUT2D eigenvalue weighted by molar-refractivity contribution is 6.35. The number of hydrogen-bond acceptors (Lipinski definition) is 2. The van der Waals surface area contributed by atoms with E-state index >= 15 is 0 Å². The molecule has 80 valence electrons. The van der Waals surface area contributed by atoms with E-state index in [-0.39, 0.29) is 16.6 Å². The smallest absolute Gasteiger partial charge is 0.212 e. The second-order valence-corrected chi connectivity index (χ2v) is 3.95. The largest absolute Gasteiger partial charge is 0.287 e. The van der Waals surface area contributed by atoms with Crippen LogP contribution in [0.5, 0.6) is 0 Å². The van der Waals surface area contributed by atoms with E-state index in [1.807, 2.05) is 6.07 Å². The number of rotatable bonds is 2. The monoisotopic (exact) mass is 251 g/mol. The predicted molar refractivity (Wildman–Crippen MR) is 64.1 cm³/mol. The SMILES string of the molecule is O=C(c1ccccc1)c1nc(Cl)ccc1Cl. The molecule has 1 heterocycles.